The fourth-order valence-corrected chi connectivity index (χ4v) is 2.03. The molecule has 1 aliphatic heterocycles. The van der Waals surface area contributed by atoms with Crippen LogP contribution in [0, 0.1) is 5.92 Å². The minimum absolute atomic E-state index is 0.686. The molecule has 0 aliphatic carbocycles. The lowest BCUT2D eigenvalue weighted by Gasteiger charge is -2.39. The zero-order valence-corrected chi connectivity index (χ0v) is 9.87. The molecule has 0 radical (unpaired) electrons. The normalized spacial score (nSPS) is 27.9. The van der Waals surface area contributed by atoms with Crippen LogP contribution in [0.3, 0.4) is 0 Å². The van der Waals surface area contributed by atoms with Crippen molar-refractivity contribution in [2.24, 2.45) is 11.7 Å². The Morgan fingerprint density at radius 2 is 2.14 bits per heavy atom. The summed E-state index contributed by atoms with van der Waals surface area (Å²) < 4.78 is 0. The summed E-state index contributed by atoms with van der Waals surface area (Å²) in [6.45, 7) is 10.2. The summed E-state index contributed by atoms with van der Waals surface area (Å²) in [6, 6.07) is 0.694. The molecule has 84 valence electrons. The van der Waals surface area contributed by atoms with Crippen LogP contribution in [-0.4, -0.2) is 55.6 Å². The number of hydrogen-bond acceptors (Lipinski definition) is 3. The Morgan fingerprint density at radius 1 is 1.43 bits per heavy atom. The van der Waals surface area contributed by atoms with E-state index in [2.05, 4.69) is 30.7 Å². The average molecular weight is 199 g/mol. The van der Waals surface area contributed by atoms with Crippen molar-refractivity contribution >= 4 is 0 Å². The molecule has 2 N–H and O–H groups in total. The zero-order valence-electron chi connectivity index (χ0n) is 9.87. The van der Waals surface area contributed by atoms with E-state index in [0.29, 0.717) is 12.0 Å². The van der Waals surface area contributed by atoms with Gasteiger partial charge < -0.3 is 15.5 Å². The summed E-state index contributed by atoms with van der Waals surface area (Å²) in [6.07, 6.45) is 1.21. The summed E-state index contributed by atoms with van der Waals surface area (Å²) in [5.41, 5.74) is 5.73. The Labute approximate surface area is 88.2 Å². The van der Waals surface area contributed by atoms with Crippen LogP contribution in [0.2, 0.25) is 0 Å². The number of nitrogens with zero attached hydrogens (tertiary/aromatic N) is 2. The second-order valence-electron chi connectivity index (χ2n) is 4.60. The van der Waals surface area contributed by atoms with Crippen molar-refractivity contribution in [1.29, 1.82) is 0 Å². The van der Waals surface area contributed by atoms with Crippen LogP contribution in [0.5, 0.6) is 0 Å². The predicted octanol–water partition coefficient (Wildman–Crippen LogP) is 0.607. The lowest BCUT2D eigenvalue weighted by molar-refractivity contribution is 0.0925. The van der Waals surface area contributed by atoms with Gasteiger partial charge in [0.2, 0.25) is 0 Å². The molecular formula is C11H25N3. The minimum atomic E-state index is 0.686. The number of hydrogen-bond donors (Lipinski definition) is 1. The van der Waals surface area contributed by atoms with Gasteiger partial charge in [0.25, 0.3) is 0 Å². The van der Waals surface area contributed by atoms with Crippen molar-refractivity contribution in [3.05, 3.63) is 0 Å². The fraction of sp³-hybridized carbons (Fsp3) is 1.00. The van der Waals surface area contributed by atoms with Crippen molar-refractivity contribution in [3.8, 4) is 0 Å². The smallest absolute Gasteiger partial charge is 0.0192 e. The monoisotopic (exact) mass is 199 g/mol. The molecule has 0 saturated carbocycles. The molecule has 0 aromatic heterocycles. The Balaban J connectivity index is 2.32. The molecule has 0 bridgehead atoms. The molecule has 1 saturated heterocycles. The Bertz CT molecular complexity index is 157. The molecule has 0 spiro atoms. The van der Waals surface area contributed by atoms with Gasteiger partial charge in [-0.15, -0.1) is 0 Å². The van der Waals surface area contributed by atoms with E-state index in [4.69, 9.17) is 5.73 Å². The first-order valence-electron chi connectivity index (χ1n) is 5.80. The Hall–Kier alpha value is -0.120. The van der Waals surface area contributed by atoms with Gasteiger partial charge >= 0.3 is 0 Å². The van der Waals surface area contributed by atoms with Gasteiger partial charge in [-0.3, -0.25) is 0 Å². The summed E-state index contributed by atoms with van der Waals surface area (Å²) in [4.78, 5) is 4.99. The van der Waals surface area contributed by atoms with Crippen LogP contribution < -0.4 is 5.73 Å². The van der Waals surface area contributed by atoms with Crippen molar-refractivity contribution in [2.75, 3.05) is 39.8 Å². The van der Waals surface area contributed by atoms with Crippen molar-refractivity contribution < 1.29 is 0 Å². The zero-order chi connectivity index (χ0) is 10.6. The predicted molar refractivity (Wildman–Crippen MR) is 61.4 cm³/mol. The Morgan fingerprint density at radius 3 is 2.64 bits per heavy atom. The average Bonchev–Trinajstić information content (AvgIpc) is 2.19. The summed E-state index contributed by atoms with van der Waals surface area (Å²) in [7, 11) is 2.21. The first-order chi connectivity index (χ1) is 6.67. The second-order valence-corrected chi connectivity index (χ2v) is 4.60. The largest absolute Gasteiger partial charge is 0.330 e. The third-order valence-electron chi connectivity index (χ3n) is 3.47. The quantitative estimate of drug-likeness (QED) is 0.720. The number of piperazine rings is 1. The van der Waals surface area contributed by atoms with E-state index < -0.39 is 0 Å². The SMILES string of the molecule is CCC(CN)CN1CCN(C)C(C)C1. The highest BCUT2D eigenvalue weighted by molar-refractivity contribution is 4.78. The van der Waals surface area contributed by atoms with Crippen molar-refractivity contribution in [2.45, 2.75) is 26.3 Å². The van der Waals surface area contributed by atoms with Gasteiger partial charge in [-0.1, -0.05) is 13.3 Å². The minimum Gasteiger partial charge on any atom is -0.330 e. The van der Waals surface area contributed by atoms with E-state index >= 15 is 0 Å². The van der Waals surface area contributed by atoms with Crippen LogP contribution in [0.25, 0.3) is 0 Å². The van der Waals surface area contributed by atoms with E-state index in [1.54, 1.807) is 0 Å². The summed E-state index contributed by atoms with van der Waals surface area (Å²) in [5.74, 6) is 0.686. The highest BCUT2D eigenvalue weighted by atomic mass is 15.3. The fourth-order valence-electron chi connectivity index (χ4n) is 2.03. The standard InChI is InChI=1S/C11H25N3/c1-4-11(7-12)9-14-6-5-13(3)10(2)8-14/h10-11H,4-9,12H2,1-3H3. The highest BCUT2D eigenvalue weighted by Gasteiger charge is 2.21. The maximum absolute atomic E-state index is 5.73. The number of likely N-dealkylation sites (N-methyl/N-ethyl adjacent to an activating group) is 1. The van der Waals surface area contributed by atoms with Gasteiger partial charge in [-0.05, 0) is 26.4 Å². The molecule has 14 heavy (non-hydrogen) atoms. The van der Waals surface area contributed by atoms with Gasteiger partial charge in [0.05, 0.1) is 0 Å². The van der Waals surface area contributed by atoms with Crippen LogP contribution in [-0.2, 0) is 0 Å². The molecule has 1 rings (SSSR count). The molecule has 3 nitrogen and oxygen atoms in total. The summed E-state index contributed by atoms with van der Waals surface area (Å²) >= 11 is 0. The van der Waals surface area contributed by atoms with Crippen molar-refractivity contribution in [3.63, 3.8) is 0 Å². The van der Waals surface area contributed by atoms with Crippen molar-refractivity contribution in [1.82, 2.24) is 9.80 Å². The van der Waals surface area contributed by atoms with Gasteiger partial charge in [-0.25, -0.2) is 0 Å². The lowest BCUT2D eigenvalue weighted by atomic mass is 10.1. The number of nitrogens with two attached hydrogens (primary N) is 1. The molecule has 1 aliphatic rings. The molecule has 1 fully saturated rings. The van der Waals surface area contributed by atoms with Crippen LogP contribution in [0.1, 0.15) is 20.3 Å². The van der Waals surface area contributed by atoms with E-state index in [0.717, 1.165) is 6.54 Å². The van der Waals surface area contributed by atoms with E-state index in [1.807, 2.05) is 0 Å². The van der Waals surface area contributed by atoms with E-state index in [1.165, 1.54) is 32.6 Å². The van der Waals surface area contributed by atoms with Gasteiger partial charge in [-0.2, -0.15) is 0 Å². The molecule has 2 atom stereocenters. The molecule has 3 heteroatoms. The maximum Gasteiger partial charge on any atom is 0.0192 e. The third-order valence-corrected chi connectivity index (χ3v) is 3.47. The first kappa shape index (κ1) is 12.0. The molecule has 0 amide bonds. The van der Waals surface area contributed by atoms with E-state index in [-0.39, 0.29) is 0 Å². The van der Waals surface area contributed by atoms with Gasteiger partial charge in [0.1, 0.15) is 0 Å². The molecule has 1 heterocycles. The Kier molecular flexibility index (Phi) is 4.85. The second kappa shape index (κ2) is 5.69. The van der Waals surface area contributed by atoms with Gasteiger partial charge in [0, 0.05) is 32.2 Å². The number of rotatable bonds is 4. The van der Waals surface area contributed by atoms with E-state index in [9.17, 15) is 0 Å². The highest BCUT2D eigenvalue weighted by Crippen LogP contribution is 2.10. The molecule has 0 aromatic carbocycles. The molecule has 2 unspecified atom stereocenters. The molecular weight excluding hydrogens is 174 g/mol. The van der Waals surface area contributed by atoms with Crippen LogP contribution >= 0.6 is 0 Å². The topological polar surface area (TPSA) is 32.5 Å². The summed E-state index contributed by atoms with van der Waals surface area (Å²) in [5, 5.41) is 0. The van der Waals surface area contributed by atoms with Gasteiger partial charge in [0.15, 0.2) is 0 Å². The van der Waals surface area contributed by atoms with Crippen LogP contribution in [0.4, 0.5) is 0 Å². The maximum atomic E-state index is 5.73. The van der Waals surface area contributed by atoms with Crippen LogP contribution in [0.15, 0.2) is 0 Å². The molecule has 0 aromatic rings. The third kappa shape index (κ3) is 3.23. The lowest BCUT2D eigenvalue weighted by Crippen LogP contribution is -2.51. The first-order valence-corrected chi connectivity index (χ1v) is 5.80.